The van der Waals surface area contributed by atoms with Crippen molar-refractivity contribution in [3.05, 3.63) is 0 Å². The Morgan fingerprint density at radius 1 is 1.33 bits per heavy atom. The minimum Gasteiger partial charge on any atom is -0.468 e. The molecule has 122 valence electrons. The molecule has 0 amide bonds. The fraction of sp³-hybridized carbons (Fsp3) is 0.938. The number of hydrogen-bond donors (Lipinski definition) is 1. The van der Waals surface area contributed by atoms with Crippen molar-refractivity contribution in [2.45, 2.75) is 45.2 Å². The third-order valence-electron chi connectivity index (χ3n) is 5.04. The van der Waals surface area contributed by atoms with Crippen molar-refractivity contribution in [2.24, 2.45) is 5.92 Å². The molecule has 0 radical (unpaired) electrons. The van der Waals surface area contributed by atoms with Crippen LogP contribution in [0, 0.1) is 5.92 Å². The van der Waals surface area contributed by atoms with Gasteiger partial charge in [0.25, 0.3) is 0 Å². The molecule has 0 spiro atoms. The topological polar surface area (TPSA) is 44.8 Å². The van der Waals surface area contributed by atoms with Gasteiger partial charge in [0.1, 0.15) is 5.54 Å². The minimum absolute atomic E-state index is 0.0857. The van der Waals surface area contributed by atoms with Crippen LogP contribution in [0.25, 0.3) is 0 Å². The van der Waals surface area contributed by atoms with Crippen LogP contribution in [0.2, 0.25) is 0 Å². The molecule has 2 atom stereocenters. The molecule has 2 unspecified atom stereocenters. The van der Waals surface area contributed by atoms with Gasteiger partial charge in [0.05, 0.1) is 7.11 Å². The van der Waals surface area contributed by atoms with E-state index < -0.39 is 5.54 Å². The van der Waals surface area contributed by atoms with Crippen molar-refractivity contribution in [1.82, 2.24) is 15.1 Å². The molecule has 2 rings (SSSR count). The van der Waals surface area contributed by atoms with Crippen LogP contribution < -0.4 is 5.32 Å². The van der Waals surface area contributed by atoms with Crippen molar-refractivity contribution in [2.75, 3.05) is 46.4 Å². The van der Waals surface area contributed by atoms with Gasteiger partial charge < -0.3 is 10.1 Å². The van der Waals surface area contributed by atoms with E-state index in [0.717, 1.165) is 52.1 Å². The highest BCUT2D eigenvalue weighted by atomic mass is 16.5. The number of nitrogens with one attached hydrogen (secondary N) is 1. The first-order valence-corrected chi connectivity index (χ1v) is 8.37. The Balaban J connectivity index is 2.06. The Labute approximate surface area is 129 Å². The normalized spacial score (nSPS) is 27.3. The average Bonchev–Trinajstić information content (AvgIpc) is 3.31. The highest BCUT2D eigenvalue weighted by molar-refractivity contribution is 5.82. The van der Waals surface area contributed by atoms with E-state index in [4.69, 9.17) is 4.74 Å². The lowest BCUT2D eigenvalue weighted by Gasteiger charge is -2.43. The number of piperazine rings is 1. The number of carbonyl (C=O) groups excluding carboxylic acids is 1. The maximum atomic E-state index is 12.5. The standard InChI is InChI=1S/C16H31N3O2/c1-5-17-16(14-7-8-14,15(20)21-4)12-18-9-10-19(6-2)13(3)11-18/h13-14,17H,5-12H2,1-4H3. The molecule has 2 fully saturated rings. The van der Waals surface area contributed by atoms with E-state index in [-0.39, 0.29) is 5.97 Å². The van der Waals surface area contributed by atoms with Gasteiger partial charge in [0.15, 0.2) is 0 Å². The average molecular weight is 297 g/mol. The van der Waals surface area contributed by atoms with Crippen LogP contribution >= 0.6 is 0 Å². The van der Waals surface area contributed by atoms with E-state index in [1.54, 1.807) is 0 Å². The van der Waals surface area contributed by atoms with Crippen molar-refractivity contribution in [3.8, 4) is 0 Å². The molecule has 2 aliphatic rings. The molecule has 1 saturated carbocycles. The molecule has 1 saturated heterocycles. The third kappa shape index (κ3) is 3.58. The number of rotatable bonds is 7. The van der Waals surface area contributed by atoms with Crippen LogP contribution in [0.15, 0.2) is 0 Å². The van der Waals surface area contributed by atoms with E-state index in [1.807, 2.05) is 0 Å². The van der Waals surface area contributed by atoms with E-state index in [9.17, 15) is 4.79 Å². The van der Waals surface area contributed by atoms with Gasteiger partial charge in [0, 0.05) is 32.2 Å². The van der Waals surface area contributed by atoms with Gasteiger partial charge in [-0.15, -0.1) is 0 Å². The lowest BCUT2D eigenvalue weighted by atomic mass is 9.91. The highest BCUT2D eigenvalue weighted by Gasteiger charge is 2.52. The molecule has 1 aliphatic carbocycles. The SMILES string of the molecule is CCNC(CN1CCN(CC)C(C)C1)(C(=O)OC)C1CC1. The van der Waals surface area contributed by atoms with Gasteiger partial charge in [-0.3, -0.25) is 9.80 Å². The van der Waals surface area contributed by atoms with Crippen LogP contribution in [0.3, 0.4) is 0 Å². The number of nitrogens with zero attached hydrogens (tertiary/aromatic N) is 2. The van der Waals surface area contributed by atoms with Gasteiger partial charge in [-0.05, 0) is 38.8 Å². The Kier molecular flexibility index (Phi) is 5.63. The number of carbonyl (C=O) groups is 1. The molecule has 1 aliphatic heterocycles. The summed E-state index contributed by atoms with van der Waals surface area (Å²) in [4.78, 5) is 17.4. The zero-order chi connectivity index (χ0) is 15.5. The Hall–Kier alpha value is -0.650. The number of ether oxygens (including phenoxy) is 1. The van der Waals surface area contributed by atoms with E-state index in [0.29, 0.717) is 12.0 Å². The molecule has 0 bridgehead atoms. The van der Waals surface area contributed by atoms with Crippen molar-refractivity contribution < 1.29 is 9.53 Å². The van der Waals surface area contributed by atoms with Crippen molar-refractivity contribution >= 4 is 5.97 Å². The maximum absolute atomic E-state index is 12.5. The molecule has 5 heteroatoms. The fourth-order valence-electron chi connectivity index (χ4n) is 3.74. The Bertz CT molecular complexity index is 359. The number of methoxy groups -OCH3 is 1. The summed E-state index contributed by atoms with van der Waals surface area (Å²) in [6, 6.07) is 0.555. The molecule has 5 nitrogen and oxygen atoms in total. The monoisotopic (exact) mass is 297 g/mol. The molecule has 1 N–H and O–H groups in total. The second kappa shape index (κ2) is 7.07. The molecule has 21 heavy (non-hydrogen) atoms. The molecular weight excluding hydrogens is 266 g/mol. The molecule has 0 aromatic carbocycles. The van der Waals surface area contributed by atoms with Crippen molar-refractivity contribution in [1.29, 1.82) is 0 Å². The van der Waals surface area contributed by atoms with E-state index in [2.05, 4.69) is 35.9 Å². The summed E-state index contributed by atoms with van der Waals surface area (Å²) in [6.45, 7) is 12.4. The predicted molar refractivity (Wildman–Crippen MR) is 84.3 cm³/mol. The van der Waals surface area contributed by atoms with Gasteiger partial charge in [-0.2, -0.15) is 0 Å². The molecular formula is C16H31N3O2. The van der Waals surface area contributed by atoms with E-state index >= 15 is 0 Å². The molecule has 0 aromatic rings. The number of hydrogen-bond acceptors (Lipinski definition) is 5. The van der Waals surface area contributed by atoms with Crippen LogP contribution in [-0.4, -0.2) is 73.7 Å². The van der Waals surface area contributed by atoms with Gasteiger partial charge in [-0.25, -0.2) is 4.79 Å². The van der Waals surface area contributed by atoms with Crippen LogP contribution in [0.4, 0.5) is 0 Å². The van der Waals surface area contributed by atoms with Gasteiger partial charge >= 0.3 is 5.97 Å². The summed E-state index contributed by atoms with van der Waals surface area (Å²) in [6.07, 6.45) is 2.26. The zero-order valence-electron chi connectivity index (χ0n) is 14.0. The second-order valence-electron chi connectivity index (χ2n) is 6.48. The first-order valence-electron chi connectivity index (χ1n) is 8.37. The predicted octanol–water partition coefficient (Wildman–Crippen LogP) is 0.944. The second-order valence-corrected chi connectivity index (χ2v) is 6.48. The first kappa shape index (κ1) is 16.7. The highest BCUT2D eigenvalue weighted by Crippen LogP contribution is 2.41. The quantitative estimate of drug-likeness (QED) is 0.709. The maximum Gasteiger partial charge on any atom is 0.327 e. The Morgan fingerprint density at radius 2 is 2.05 bits per heavy atom. The largest absolute Gasteiger partial charge is 0.468 e. The summed E-state index contributed by atoms with van der Waals surface area (Å²) in [5.41, 5.74) is -0.502. The zero-order valence-corrected chi connectivity index (χ0v) is 14.0. The first-order chi connectivity index (χ1) is 10.1. The lowest BCUT2D eigenvalue weighted by molar-refractivity contribution is -0.151. The molecule has 0 aromatic heterocycles. The molecule has 1 heterocycles. The summed E-state index contributed by atoms with van der Waals surface area (Å²) in [5.74, 6) is 0.349. The summed E-state index contributed by atoms with van der Waals surface area (Å²) in [7, 11) is 1.51. The minimum atomic E-state index is -0.502. The summed E-state index contributed by atoms with van der Waals surface area (Å²) in [5, 5.41) is 3.47. The smallest absolute Gasteiger partial charge is 0.327 e. The van der Waals surface area contributed by atoms with Crippen LogP contribution in [0.1, 0.15) is 33.6 Å². The summed E-state index contributed by atoms with van der Waals surface area (Å²) >= 11 is 0. The number of likely N-dealkylation sites (N-methyl/N-ethyl adjacent to an activating group) is 2. The van der Waals surface area contributed by atoms with E-state index in [1.165, 1.54) is 7.11 Å². The van der Waals surface area contributed by atoms with Gasteiger partial charge in [0.2, 0.25) is 0 Å². The van der Waals surface area contributed by atoms with Crippen molar-refractivity contribution in [3.63, 3.8) is 0 Å². The van der Waals surface area contributed by atoms with Crippen LogP contribution in [0.5, 0.6) is 0 Å². The van der Waals surface area contributed by atoms with Gasteiger partial charge in [-0.1, -0.05) is 13.8 Å². The fourth-order valence-corrected chi connectivity index (χ4v) is 3.74. The van der Waals surface area contributed by atoms with Crippen LogP contribution in [-0.2, 0) is 9.53 Å². The third-order valence-corrected chi connectivity index (χ3v) is 5.04. The number of esters is 1. The Morgan fingerprint density at radius 3 is 2.52 bits per heavy atom. The summed E-state index contributed by atoms with van der Waals surface area (Å²) < 4.78 is 5.14. The lowest BCUT2D eigenvalue weighted by Crippen LogP contribution is -2.64.